The summed E-state index contributed by atoms with van der Waals surface area (Å²) >= 11 is 12.4. The van der Waals surface area contributed by atoms with Gasteiger partial charge < -0.3 is 0 Å². The van der Waals surface area contributed by atoms with E-state index in [2.05, 4.69) is 76.5 Å². The molecule has 0 aliphatic heterocycles. The highest BCUT2D eigenvalue weighted by molar-refractivity contribution is 6.28. The fourth-order valence-corrected chi connectivity index (χ4v) is 9.19. The van der Waals surface area contributed by atoms with Crippen LogP contribution in [0.5, 0.6) is 0 Å². The molecule has 2 aromatic carbocycles. The van der Waals surface area contributed by atoms with Crippen molar-refractivity contribution < 1.29 is 0 Å². The molecule has 2 saturated carbocycles. The second kappa shape index (κ2) is 8.26. The zero-order valence-electron chi connectivity index (χ0n) is 22.7. The monoisotopic (exact) mass is 583 g/mol. The van der Waals surface area contributed by atoms with E-state index in [1.54, 1.807) is 4.52 Å². The maximum Gasteiger partial charge on any atom is 0.261 e. The van der Waals surface area contributed by atoms with Gasteiger partial charge in [-0.3, -0.25) is 0 Å². The standard InChI is InChI=1S/C30H27Cl2N9/c1-3-16-12-17-11-15(2)30(18(13-16)14-17)21-9-5-4-7-19(21)23-20(8-6-10-22(23)30)24-33-27-39(36-24)28-34-25(31)38-41(28)29-35-26(32)37-40(27)29/h4-10,15-18H,3,11-14H2,1-2H3. The van der Waals surface area contributed by atoms with E-state index in [1.807, 2.05) is 0 Å². The van der Waals surface area contributed by atoms with Crippen LogP contribution in [0.4, 0.5) is 0 Å². The third-order valence-corrected chi connectivity index (χ3v) is 10.6. The number of hydrogen-bond acceptors (Lipinski definition) is 6. The Balaban J connectivity index is 1.32. The molecular formula is C30H27Cl2N9. The van der Waals surface area contributed by atoms with Crippen LogP contribution in [-0.4, -0.2) is 43.8 Å². The number of benzene rings is 2. The van der Waals surface area contributed by atoms with E-state index < -0.39 is 0 Å². The number of hydrogen-bond donors (Lipinski definition) is 0. The Kier molecular flexibility index (Phi) is 4.85. The van der Waals surface area contributed by atoms with Gasteiger partial charge in [0.1, 0.15) is 0 Å². The van der Waals surface area contributed by atoms with Crippen molar-refractivity contribution in [3.63, 3.8) is 0 Å². The number of halogens is 2. The molecule has 0 amide bonds. The van der Waals surface area contributed by atoms with Crippen molar-refractivity contribution in [1.29, 1.82) is 0 Å². The lowest BCUT2D eigenvalue weighted by Crippen LogP contribution is -2.49. The first-order valence-corrected chi connectivity index (χ1v) is 15.2. The predicted molar refractivity (Wildman–Crippen MR) is 156 cm³/mol. The molecule has 1 spiro atoms. The average molecular weight is 585 g/mol. The van der Waals surface area contributed by atoms with Crippen molar-refractivity contribution in [2.24, 2.45) is 23.7 Å². The highest BCUT2D eigenvalue weighted by Gasteiger charge is 2.57. The van der Waals surface area contributed by atoms with Gasteiger partial charge >= 0.3 is 0 Å². The minimum Gasteiger partial charge on any atom is -0.189 e. The summed E-state index contributed by atoms with van der Waals surface area (Å²) in [5.41, 5.74) is 6.42. The summed E-state index contributed by atoms with van der Waals surface area (Å²) < 4.78 is 4.63. The summed E-state index contributed by atoms with van der Waals surface area (Å²) in [6.45, 7) is 4.86. The lowest BCUT2D eigenvalue weighted by atomic mass is 9.49. The van der Waals surface area contributed by atoms with Crippen LogP contribution in [0.15, 0.2) is 42.5 Å². The van der Waals surface area contributed by atoms with Crippen LogP contribution < -0.4 is 0 Å². The lowest BCUT2D eigenvalue weighted by Gasteiger charge is -2.54. The molecule has 0 radical (unpaired) electrons. The summed E-state index contributed by atoms with van der Waals surface area (Å²) in [5, 5.41) is 13.8. The second-order valence-corrected chi connectivity index (χ2v) is 12.8. The average Bonchev–Trinajstić information content (AvgIpc) is 3.73. The highest BCUT2D eigenvalue weighted by atomic mass is 35.5. The molecule has 5 unspecified atom stereocenters. The molecule has 3 aliphatic carbocycles. The van der Waals surface area contributed by atoms with Gasteiger partial charge in [0.05, 0.1) is 0 Å². The molecule has 9 rings (SSSR count). The van der Waals surface area contributed by atoms with Crippen molar-refractivity contribution in [1.82, 2.24) is 43.8 Å². The van der Waals surface area contributed by atoms with Crippen LogP contribution in [0.25, 0.3) is 39.8 Å². The molecule has 3 aliphatic rings. The van der Waals surface area contributed by atoms with Gasteiger partial charge in [-0.2, -0.15) is 28.5 Å². The maximum absolute atomic E-state index is 6.21. The molecule has 0 saturated heterocycles. The van der Waals surface area contributed by atoms with Crippen LogP contribution in [0.2, 0.25) is 10.6 Å². The second-order valence-electron chi connectivity index (χ2n) is 12.2. The normalized spacial score (nSPS) is 26.8. The predicted octanol–water partition coefficient (Wildman–Crippen LogP) is 6.54. The zero-order valence-corrected chi connectivity index (χ0v) is 24.2. The van der Waals surface area contributed by atoms with Crippen LogP contribution in [0, 0.1) is 23.7 Å². The van der Waals surface area contributed by atoms with Crippen molar-refractivity contribution in [3.05, 3.63) is 64.2 Å². The molecule has 0 N–H and O–H groups in total. The van der Waals surface area contributed by atoms with Gasteiger partial charge in [-0.05, 0) is 94.8 Å². The van der Waals surface area contributed by atoms with E-state index in [-0.39, 0.29) is 16.0 Å². The van der Waals surface area contributed by atoms with E-state index in [9.17, 15) is 0 Å². The Hall–Kier alpha value is -3.56. The van der Waals surface area contributed by atoms with Gasteiger partial charge in [0.2, 0.25) is 10.6 Å². The highest BCUT2D eigenvalue weighted by Crippen LogP contribution is 2.65. The third kappa shape index (κ3) is 3.03. The number of nitrogens with zero attached hydrogens (tertiary/aromatic N) is 9. The molecule has 2 fully saturated rings. The molecule has 4 heterocycles. The fourth-order valence-electron chi connectivity index (χ4n) is 8.89. The summed E-state index contributed by atoms with van der Waals surface area (Å²) in [7, 11) is 0. The summed E-state index contributed by atoms with van der Waals surface area (Å²) in [5.74, 6) is 4.59. The molecule has 4 aromatic heterocycles. The first-order valence-electron chi connectivity index (χ1n) is 14.4. The molecule has 6 aromatic rings. The van der Waals surface area contributed by atoms with Gasteiger partial charge in [-0.25, -0.2) is 0 Å². The van der Waals surface area contributed by atoms with E-state index in [0.29, 0.717) is 35.0 Å². The van der Waals surface area contributed by atoms with Gasteiger partial charge in [0.25, 0.3) is 17.3 Å². The Labute approximate surface area is 245 Å². The fraction of sp³-hybridized carbons (Fsp3) is 0.400. The molecule has 206 valence electrons. The topological polar surface area (TPSA) is 90.6 Å². The van der Waals surface area contributed by atoms with Crippen molar-refractivity contribution in [2.75, 3.05) is 0 Å². The molecule has 5 atom stereocenters. The lowest BCUT2D eigenvalue weighted by molar-refractivity contribution is 0.0368. The van der Waals surface area contributed by atoms with Gasteiger partial charge in [-0.1, -0.05) is 62.7 Å². The summed E-state index contributed by atoms with van der Waals surface area (Å²) in [6, 6.07) is 15.7. The van der Waals surface area contributed by atoms with Crippen LogP contribution in [0.1, 0.15) is 57.1 Å². The van der Waals surface area contributed by atoms with E-state index in [0.717, 1.165) is 17.4 Å². The van der Waals surface area contributed by atoms with Crippen LogP contribution in [-0.2, 0) is 5.41 Å². The zero-order chi connectivity index (χ0) is 27.6. The van der Waals surface area contributed by atoms with E-state index in [4.69, 9.17) is 33.3 Å². The Morgan fingerprint density at radius 1 is 0.756 bits per heavy atom. The molecule has 41 heavy (non-hydrogen) atoms. The summed E-state index contributed by atoms with van der Waals surface area (Å²) in [6.07, 6.45) is 6.52. The van der Waals surface area contributed by atoms with E-state index in [1.165, 1.54) is 63.4 Å². The van der Waals surface area contributed by atoms with Crippen molar-refractivity contribution in [2.45, 2.75) is 51.4 Å². The number of fused-ring (bicyclic) bond motifs is 14. The van der Waals surface area contributed by atoms with Gasteiger partial charge in [-0.15, -0.1) is 15.3 Å². The Morgan fingerprint density at radius 2 is 1.41 bits per heavy atom. The van der Waals surface area contributed by atoms with Crippen molar-refractivity contribution >= 4 is 40.5 Å². The first-order chi connectivity index (χ1) is 20.0. The van der Waals surface area contributed by atoms with E-state index >= 15 is 0 Å². The maximum atomic E-state index is 6.21. The third-order valence-electron chi connectivity index (χ3n) is 10.3. The summed E-state index contributed by atoms with van der Waals surface area (Å²) in [4.78, 5) is 13.7. The molecular weight excluding hydrogens is 557 g/mol. The Morgan fingerprint density at radius 3 is 2.17 bits per heavy atom. The molecule has 9 nitrogen and oxygen atoms in total. The SMILES string of the molecule is CCC1CC2CC(C)C3(c4ccccc4-c4c(-c5nc6n7nc(Cl)nc7n7nc(Cl)nc7n6n5)cccc43)C(C1)C2. The van der Waals surface area contributed by atoms with Gasteiger partial charge in [0, 0.05) is 11.0 Å². The number of rotatable bonds is 2. The smallest absolute Gasteiger partial charge is 0.189 e. The Bertz CT molecular complexity index is 1970. The minimum absolute atomic E-state index is 0.00801. The van der Waals surface area contributed by atoms with Crippen LogP contribution >= 0.6 is 23.2 Å². The quantitative estimate of drug-likeness (QED) is 0.230. The molecule has 2 bridgehead atoms. The van der Waals surface area contributed by atoms with Crippen LogP contribution in [0.3, 0.4) is 0 Å². The van der Waals surface area contributed by atoms with Gasteiger partial charge in [0.15, 0.2) is 5.82 Å². The minimum atomic E-state index is -0.00801. The molecule has 11 heteroatoms. The first kappa shape index (κ1) is 24.1. The van der Waals surface area contributed by atoms with Crippen molar-refractivity contribution in [3.8, 4) is 22.5 Å². The largest absolute Gasteiger partial charge is 0.261 e. The number of aromatic nitrogens is 9.